The van der Waals surface area contributed by atoms with Crippen LogP contribution < -0.4 is 10.2 Å². The summed E-state index contributed by atoms with van der Waals surface area (Å²) in [7, 11) is 0. The summed E-state index contributed by atoms with van der Waals surface area (Å²) in [4.78, 5) is 27.6. The Labute approximate surface area is 182 Å². The van der Waals surface area contributed by atoms with Crippen LogP contribution in [-0.4, -0.2) is 58.4 Å². The molecule has 2 amide bonds. The fourth-order valence-corrected chi connectivity index (χ4v) is 4.27. The van der Waals surface area contributed by atoms with Gasteiger partial charge in [-0.2, -0.15) is 5.10 Å². The van der Waals surface area contributed by atoms with Crippen molar-refractivity contribution in [2.24, 2.45) is 5.92 Å². The molecular weight excluding hydrogens is 394 g/mol. The van der Waals surface area contributed by atoms with Crippen LogP contribution in [0.3, 0.4) is 0 Å². The molecule has 8 nitrogen and oxygen atoms in total. The highest BCUT2D eigenvalue weighted by Crippen LogP contribution is 2.35. The topological polar surface area (TPSA) is 98.7 Å². The fourth-order valence-electron chi connectivity index (χ4n) is 4.27. The van der Waals surface area contributed by atoms with Gasteiger partial charge in [0, 0.05) is 44.0 Å². The van der Waals surface area contributed by atoms with Gasteiger partial charge in [0.2, 0.25) is 5.91 Å². The fraction of sp³-hybridized carbons (Fsp3) is 0.478. The lowest BCUT2D eigenvalue weighted by Crippen LogP contribution is -2.47. The summed E-state index contributed by atoms with van der Waals surface area (Å²) < 4.78 is 0. The first-order valence-corrected chi connectivity index (χ1v) is 10.7. The van der Waals surface area contributed by atoms with E-state index in [0.29, 0.717) is 19.6 Å². The first-order valence-electron chi connectivity index (χ1n) is 10.7. The average molecular weight is 424 g/mol. The molecule has 1 unspecified atom stereocenters. The highest BCUT2D eigenvalue weighted by molar-refractivity contribution is 5.94. The molecule has 0 saturated carbocycles. The van der Waals surface area contributed by atoms with Crippen LogP contribution in [0.5, 0.6) is 0 Å². The Morgan fingerprint density at radius 2 is 1.94 bits per heavy atom. The predicted octanol–water partition coefficient (Wildman–Crippen LogP) is 3.32. The Kier molecular flexibility index (Phi) is 5.56. The molecule has 0 radical (unpaired) electrons. The van der Waals surface area contributed by atoms with Gasteiger partial charge >= 0.3 is 6.09 Å². The van der Waals surface area contributed by atoms with Crippen LogP contribution in [0.25, 0.3) is 0 Å². The van der Waals surface area contributed by atoms with Gasteiger partial charge in [-0.1, -0.05) is 32.9 Å². The van der Waals surface area contributed by atoms with E-state index in [1.165, 1.54) is 4.90 Å². The molecule has 0 aliphatic carbocycles. The second-order valence-electron chi connectivity index (χ2n) is 9.44. The molecule has 2 saturated heterocycles. The van der Waals surface area contributed by atoms with Gasteiger partial charge in [0.1, 0.15) is 0 Å². The van der Waals surface area contributed by atoms with Crippen LogP contribution in [0.2, 0.25) is 0 Å². The van der Waals surface area contributed by atoms with Crippen LogP contribution in [0, 0.1) is 5.92 Å². The van der Waals surface area contributed by atoms with Crippen molar-refractivity contribution in [3.8, 4) is 0 Å². The molecule has 0 spiro atoms. The summed E-state index contributed by atoms with van der Waals surface area (Å²) in [6, 6.07) is 9.86. The van der Waals surface area contributed by atoms with Crippen molar-refractivity contribution < 1.29 is 14.7 Å². The molecule has 2 fully saturated rings. The number of carboxylic acid groups (broad SMARTS) is 1. The van der Waals surface area contributed by atoms with Crippen molar-refractivity contribution >= 4 is 23.5 Å². The molecule has 4 rings (SSSR count). The summed E-state index contributed by atoms with van der Waals surface area (Å²) in [6.45, 7) is 8.81. The van der Waals surface area contributed by atoms with Gasteiger partial charge in [-0.25, -0.2) is 4.79 Å². The lowest BCUT2D eigenvalue weighted by molar-refractivity contribution is -0.119. The predicted molar refractivity (Wildman–Crippen MR) is 118 cm³/mol. The van der Waals surface area contributed by atoms with Crippen molar-refractivity contribution in [2.45, 2.75) is 38.5 Å². The number of likely N-dealkylation sites (tertiary alicyclic amines) is 1. The smallest absolute Gasteiger partial charge is 0.407 e. The number of aromatic nitrogens is 2. The third-order valence-electron chi connectivity index (χ3n) is 6.17. The normalized spacial score (nSPS) is 19.3. The number of carbonyl (C=O) groups is 2. The largest absolute Gasteiger partial charge is 0.465 e. The van der Waals surface area contributed by atoms with E-state index < -0.39 is 6.09 Å². The van der Waals surface area contributed by atoms with Crippen molar-refractivity contribution in [1.29, 1.82) is 0 Å². The highest BCUT2D eigenvalue weighted by atomic mass is 16.4. The molecule has 0 bridgehead atoms. The van der Waals surface area contributed by atoms with E-state index in [4.69, 9.17) is 5.11 Å². The molecule has 1 aromatic heterocycles. The van der Waals surface area contributed by atoms with Gasteiger partial charge < -0.3 is 20.2 Å². The summed E-state index contributed by atoms with van der Waals surface area (Å²) >= 11 is 0. The molecular formula is C23H29N5O3. The number of anilines is 2. The summed E-state index contributed by atoms with van der Waals surface area (Å²) in [5.74, 6) is 0.918. The maximum absolute atomic E-state index is 13.0. The van der Waals surface area contributed by atoms with Crippen LogP contribution in [0.1, 0.15) is 44.2 Å². The minimum Gasteiger partial charge on any atom is -0.465 e. The maximum Gasteiger partial charge on any atom is 0.407 e. The van der Waals surface area contributed by atoms with Crippen molar-refractivity contribution in [3.05, 3.63) is 47.7 Å². The van der Waals surface area contributed by atoms with E-state index in [0.717, 1.165) is 35.6 Å². The Balaban J connectivity index is 1.46. The Morgan fingerprint density at radius 3 is 2.58 bits per heavy atom. The lowest BCUT2D eigenvalue weighted by Gasteiger charge is -2.38. The Hall–Kier alpha value is -3.16. The van der Waals surface area contributed by atoms with Crippen molar-refractivity contribution in [3.63, 3.8) is 0 Å². The number of nitrogens with zero attached hydrogens (tertiary/aromatic N) is 4. The Bertz CT molecular complexity index is 967. The van der Waals surface area contributed by atoms with Crippen LogP contribution in [0.4, 0.5) is 16.3 Å². The molecule has 2 aliphatic heterocycles. The number of nitrogens with one attached hydrogen (secondary N) is 1. The summed E-state index contributed by atoms with van der Waals surface area (Å²) in [6.07, 6.45) is 1.55. The number of hydrogen-bond donors (Lipinski definition) is 2. The second kappa shape index (κ2) is 8.17. The average Bonchev–Trinajstić information content (AvgIpc) is 3.18. The van der Waals surface area contributed by atoms with Gasteiger partial charge in [0.05, 0.1) is 5.92 Å². The van der Waals surface area contributed by atoms with Crippen LogP contribution in [-0.2, 0) is 10.2 Å². The third-order valence-corrected chi connectivity index (χ3v) is 6.17. The molecule has 164 valence electrons. The van der Waals surface area contributed by atoms with Crippen LogP contribution >= 0.6 is 0 Å². The van der Waals surface area contributed by atoms with E-state index >= 15 is 0 Å². The third kappa shape index (κ3) is 4.47. The first kappa shape index (κ1) is 21.1. The lowest BCUT2D eigenvalue weighted by atomic mass is 9.81. The molecule has 1 atom stereocenters. The van der Waals surface area contributed by atoms with Crippen LogP contribution in [0.15, 0.2) is 36.5 Å². The van der Waals surface area contributed by atoms with Gasteiger partial charge in [-0.05, 0) is 41.2 Å². The molecule has 2 aliphatic rings. The molecule has 1 aromatic carbocycles. The number of amides is 2. The second-order valence-corrected chi connectivity index (χ2v) is 9.44. The molecule has 31 heavy (non-hydrogen) atoms. The van der Waals surface area contributed by atoms with Gasteiger partial charge in [0.15, 0.2) is 5.82 Å². The van der Waals surface area contributed by atoms with E-state index in [-0.39, 0.29) is 23.2 Å². The number of benzene rings is 1. The number of hydrogen-bond acceptors (Lipinski definition) is 5. The number of carbonyl (C=O) groups excluding carboxylic acids is 1. The zero-order chi connectivity index (χ0) is 22.2. The Morgan fingerprint density at radius 1 is 1.16 bits per heavy atom. The van der Waals surface area contributed by atoms with Gasteiger partial charge in [-0.15, -0.1) is 5.10 Å². The first-order chi connectivity index (χ1) is 14.7. The SMILES string of the molecule is CC(C)(C)c1cc(C2CN(C(=O)O)C2)ccc1NC(=O)C1CCN(c2cccnn2)C1. The monoisotopic (exact) mass is 423 g/mol. The maximum atomic E-state index is 13.0. The minimum atomic E-state index is -0.872. The van der Waals surface area contributed by atoms with Crippen molar-refractivity contribution in [2.75, 3.05) is 36.4 Å². The van der Waals surface area contributed by atoms with E-state index in [2.05, 4.69) is 47.3 Å². The van der Waals surface area contributed by atoms with E-state index in [1.807, 2.05) is 24.3 Å². The standard InChI is InChI=1S/C23H29N5O3/c1-23(2,3)18-11-15(17-13-28(14-17)22(30)31)6-7-19(18)25-21(29)16-8-10-27(12-16)20-5-4-9-24-26-20/h4-7,9,11,16-17H,8,10,12-14H2,1-3H3,(H,25,29)(H,30,31). The highest BCUT2D eigenvalue weighted by Gasteiger charge is 2.33. The van der Waals surface area contributed by atoms with Gasteiger partial charge in [0.25, 0.3) is 0 Å². The van der Waals surface area contributed by atoms with E-state index in [1.54, 1.807) is 6.20 Å². The molecule has 2 aromatic rings. The zero-order valence-electron chi connectivity index (χ0n) is 18.2. The summed E-state index contributed by atoms with van der Waals surface area (Å²) in [5.41, 5.74) is 2.86. The molecule has 8 heteroatoms. The summed E-state index contributed by atoms with van der Waals surface area (Å²) in [5, 5.41) is 20.3. The quantitative estimate of drug-likeness (QED) is 0.783. The van der Waals surface area contributed by atoms with Crippen molar-refractivity contribution in [1.82, 2.24) is 15.1 Å². The number of rotatable bonds is 4. The zero-order valence-corrected chi connectivity index (χ0v) is 18.2. The minimum absolute atomic E-state index is 0.0188. The van der Waals surface area contributed by atoms with Gasteiger partial charge in [-0.3, -0.25) is 4.79 Å². The molecule has 3 heterocycles. The van der Waals surface area contributed by atoms with E-state index in [9.17, 15) is 9.59 Å². The molecule has 2 N–H and O–H groups in total.